The first-order valence-corrected chi connectivity index (χ1v) is 11.9. The molecule has 2 aliphatic heterocycles. The quantitative estimate of drug-likeness (QED) is 0.266. The van der Waals surface area contributed by atoms with E-state index in [1.165, 1.54) is 33.1 Å². The molecule has 1 saturated heterocycles. The van der Waals surface area contributed by atoms with Crippen LogP contribution in [0.5, 0.6) is 0 Å². The van der Waals surface area contributed by atoms with Gasteiger partial charge in [0.15, 0.2) is 5.65 Å². The summed E-state index contributed by atoms with van der Waals surface area (Å²) in [6, 6.07) is 2.80. The zero-order chi connectivity index (χ0) is 22.6. The summed E-state index contributed by atoms with van der Waals surface area (Å²) in [6.07, 6.45) is 0.454. The number of hydrogen-bond donors (Lipinski definition) is 3. The van der Waals surface area contributed by atoms with E-state index in [0.29, 0.717) is 39.2 Å². The highest BCUT2D eigenvalue weighted by Gasteiger charge is 2.55. The summed E-state index contributed by atoms with van der Waals surface area (Å²) in [5, 5.41) is 37.3. The molecule has 2 fully saturated rings. The summed E-state index contributed by atoms with van der Waals surface area (Å²) in [6.45, 7) is 0. The van der Waals surface area contributed by atoms with Gasteiger partial charge in [0.1, 0.15) is 22.1 Å². The Bertz CT molecular complexity index is 1200. The highest BCUT2D eigenvalue weighted by atomic mass is 32.2. The predicted octanol–water partition coefficient (Wildman–Crippen LogP) is -0.128. The van der Waals surface area contributed by atoms with E-state index in [1.807, 2.05) is 0 Å². The molecule has 5 rings (SSSR count). The molecule has 0 aromatic carbocycles. The first-order chi connectivity index (χ1) is 15.3. The number of thiocarbonyl (C=S) groups is 1. The Morgan fingerprint density at radius 1 is 1.31 bits per heavy atom. The van der Waals surface area contributed by atoms with Crippen molar-refractivity contribution in [3.05, 3.63) is 23.4 Å². The monoisotopic (exact) mass is 493 g/mol. The summed E-state index contributed by atoms with van der Waals surface area (Å²) in [7, 11) is 0. The molecule has 32 heavy (non-hydrogen) atoms. The van der Waals surface area contributed by atoms with Gasteiger partial charge in [-0.25, -0.2) is 4.79 Å². The predicted molar refractivity (Wildman–Crippen MR) is 116 cm³/mol. The van der Waals surface area contributed by atoms with Crippen LogP contribution in [0.3, 0.4) is 0 Å². The van der Waals surface area contributed by atoms with Crippen LogP contribution in [0.2, 0.25) is 0 Å². The lowest BCUT2D eigenvalue weighted by atomic mass is 10.0. The zero-order valence-electron chi connectivity index (χ0n) is 16.1. The molecule has 0 bridgehead atoms. The number of nitrogens with zero attached hydrogens (tertiary/aromatic N) is 6. The first kappa shape index (κ1) is 21.1. The number of nitrogens with one attached hydrogen (secondary N) is 1. The zero-order valence-corrected chi connectivity index (χ0v) is 18.6. The van der Waals surface area contributed by atoms with Crippen LogP contribution in [0.1, 0.15) is 6.42 Å². The van der Waals surface area contributed by atoms with E-state index >= 15 is 0 Å². The van der Waals surface area contributed by atoms with Crippen LogP contribution >= 0.6 is 35.7 Å². The van der Waals surface area contributed by atoms with Gasteiger partial charge in [-0.05, 0) is 34.6 Å². The lowest BCUT2D eigenvalue weighted by molar-refractivity contribution is -0.148. The molecule has 1 amide bonds. The summed E-state index contributed by atoms with van der Waals surface area (Å²) < 4.78 is 1.29. The van der Waals surface area contributed by atoms with Gasteiger partial charge in [0.25, 0.3) is 5.91 Å². The normalized spacial score (nSPS) is 26.5. The highest BCUT2D eigenvalue weighted by Crippen LogP contribution is 2.43. The van der Waals surface area contributed by atoms with Gasteiger partial charge < -0.3 is 15.5 Å². The minimum Gasteiger partial charge on any atom is -0.481 e. The number of tetrazole rings is 1. The van der Waals surface area contributed by atoms with Gasteiger partial charge in [-0.1, -0.05) is 12.2 Å². The van der Waals surface area contributed by atoms with E-state index in [9.17, 15) is 19.5 Å². The van der Waals surface area contributed by atoms with Gasteiger partial charge in [-0.2, -0.15) is 0 Å². The van der Waals surface area contributed by atoms with Crippen molar-refractivity contribution < 1.29 is 24.6 Å². The largest absolute Gasteiger partial charge is 0.481 e. The van der Waals surface area contributed by atoms with Crippen LogP contribution in [-0.2, 0) is 14.4 Å². The second kappa shape index (κ2) is 7.97. The number of aromatic nitrogens is 5. The smallest absolute Gasteiger partial charge is 0.352 e. The third-order valence-electron chi connectivity index (χ3n) is 5.43. The molecule has 0 spiro atoms. The average molecular weight is 494 g/mol. The maximum absolute atomic E-state index is 12.8. The molecule has 12 nitrogen and oxygen atoms in total. The van der Waals surface area contributed by atoms with Crippen molar-refractivity contribution in [1.82, 2.24) is 35.5 Å². The number of amides is 1. The van der Waals surface area contributed by atoms with Gasteiger partial charge in [0, 0.05) is 17.4 Å². The Kier molecular flexibility index (Phi) is 5.25. The molecule has 1 saturated carbocycles. The standard InChI is InChI=1S/C17H15N7O5S3/c25-14-11(18-13(30)7-3-8(7)16(26)27)15-23(14)12(17(28)29)6(5-32-15)4-31-10-2-1-9-19-21-22-24(9)20-10/h1-2,7-8,11,15H,3-5H2,(H,18,30)(H,26,27)(H,28,29)/t7-,8+,11?,15-/m0/s1. The van der Waals surface area contributed by atoms with Gasteiger partial charge in [-0.15, -0.1) is 38.4 Å². The minimum absolute atomic E-state index is 0.0199. The van der Waals surface area contributed by atoms with Crippen molar-refractivity contribution in [2.45, 2.75) is 22.9 Å². The summed E-state index contributed by atoms with van der Waals surface area (Å²) in [4.78, 5) is 37.4. The fraction of sp³-hybridized carbons (Fsp3) is 0.412. The second-order valence-electron chi connectivity index (χ2n) is 7.43. The lowest BCUT2D eigenvalue weighted by Crippen LogP contribution is -2.70. The van der Waals surface area contributed by atoms with Crippen LogP contribution in [-0.4, -0.2) is 86.1 Å². The molecule has 4 atom stereocenters. The number of thioether (sulfide) groups is 2. The number of carbonyl (C=O) groups excluding carboxylic acids is 1. The van der Waals surface area contributed by atoms with Gasteiger partial charge >= 0.3 is 11.9 Å². The first-order valence-electron chi connectivity index (χ1n) is 9.46. The van der Waals surface area contributed by atoms with Crippen molar-refractivity contribution in [3.8, 4) is 0 Å². The number of fused-ring (bicyclic) bond motifs is 2. The Morgan fingerprint density at radius 3 is 2.84 bits per heavy atom. The minimum atomic E-state index is -1.17. The van der Waals surface area contributed by atoms with Crippen molar-refractivity contribution in [3.63, 3.8) is 0 Å². The fourth-order valence-electron chi connectivity index (χ4n) is 3.68. The van der Waals surface area contributed by atoms with Gasteiger partial charge in [0.05, 0.1) is 10.9 Å². The van der Waals surface area contributed by atoms with Crippen molar-refractivity contribution in [1.29, 1.82) is 0 Å². The third-order valence-corrected chi connectivity index (χ3v) is 8.20. The van der Waals surface area contributed by atoms with Crippen molar-refractivity contribution >= 4 is 64.2 Å². The van der Waals surface area contributed by atoms with E-state index in [2.05, 4.69) is 25.9 Å². The SMILES string of the molecule is O=C(O)C1=C(CSc2ccc3nnnn3n2)CS[C@H]2C(NC(=S)[C@H]3C[C@H]3C(=O)O)C(=O)N12. The maximum Gasteiger partial charge on any atom is 0.352 e. The molecule has 3 aliphatic rings. The van der Waals surface area contributed by atoms with Crippen LogP contribution in [0.4, 0.5) is 0 Å². The Hall–Kier alpha value is -2.78. The molecule has 2 aromatic heterocycles. The van der Waals surface area contributed by atoms with Crippen LogP contribution in [0, 0.1) is 11.8 Å². The van der Waals surface area contributed by atoms with Crippen molar-refractivity contribution in [2.75, 3.05) is 11.5 Å². The topological polar surface area (TPSA) is 163 Å². The Morgan fingerprint density at radius 2 is 2.12 bits per heavy atom. The molecule has 166 valence electrons. The number of β-lactam (4-membered cyclic amide) rings is 1. The Labute approximate surface area is 193 Å². The van der Waals surface area contributed by atoms with Crippen LogP contribution in [0.15, 0.2) is 28.4 Å². The molecule has 4 heterocycles. The average Bonchev–Trinajstić information content (AvgIpc) is 3.45. The number of rotatable bonds is 7. The Balaban J connectivity index is 1.28. The maximum atomic E-state index is 12.8. The number of aliphatic carboxylic acids is 2. The molecule has 2 aromatic rings. The van der Waals surface area contributed by atoms with E-state index in [0.717, 1.165) is 0 Å². The molecule has 15 heteroatoms. The number of hydrogen-bond acceptors (Lipinski definition) is 10. The van der Waals surface area contributed by atoms with Gasteiger partial charge in [0.2, 0.25) is 0 Å². The third kappa shape index (κ3) is 3.59. The molecular weight excluding hydrogens is 478 g/mol. The summed E-state index contributed by atoms with van der Waals surface area (Å²) in [5.41, 5.74) is 1.10. The van der Waals surface area contributed by atoms with E-state index in [-0.39, 0.29) is 17.5 Å². The number of carbonyl (C=O) groups is 3. The van der Waals surface area contributed by atoms with Crippen LogP contribution < -0.4 is 5.32 Å². The summed E-state index contributed by atoms with van der Waals surface area (Å²) >= 11 is 8.06. The van der Waals surface area contributed by atoms with Crippen molar-refractivity contribution in [2.24, 2.45) is 11.8 Å². The molecule has 1 aliphatic carbocycles. The molecule has 3 N–H and O–H groups in total. The van der Waals surface area contributed by atoms with E-state index in [1.54, 1.807) is 12.1 Å². The second-order valence-corrected chi connectivity index (χ2v) is 9.97. The van der Waals surface area contributed by atoms with Crippen LogP contribution in [0.25, 0.3) is 5.65 Å². The number of carboxylic acids is 2. The molecule has 0 radical (unpaired) electrons. The number of carboxylic acid groups (broad SMARTS) is 2. The van der Waals surface area contributed by atoms with E-state index in [4.69, 9.17) is 17.3 Å². The highest BCUT2D eigenvalue weighted by molar-refractivity contribution is 8.01. The molecule has 1 unspecified atom stereocenters. The van der Waals surface area contributed by atoms with Gasteiger partial charge in [-0.3, -0.25) is 14.5 Å². The molecular formula is C17H15N7O5S3. The van der Waals surface area contributed by atoms with E-state index < -0.39 is 29.3 Å². The fourth-order valence-corrected chi connectivity index (χ4v) is 6.41. The summed E-state index contributed by atoms with van der Waals surface area (Å²) in [5.74, 6) is -2.47. The lowest BCUT2D eigenvalue weighted by Gasteiger charge is -2.49.